The fourth-order valence-electron chi connectivity index (χ4n) is 1.24. The molecule has 0 spiro atoms. The molecule has 1 heterocycles. The first-order chi connectivity index (χ1) is 7.02. The van der Waals surface area contributed by atoms with Crippen LogP contribution in [-0.4, -0.2) is 47.0 Å². The third-order valence-corrected chi connectivity index (χ3v) is 1.87. The van der Waals surface area contributed by atoms with Gasteiger partial charge in [-0.25, -0.2) is 4.79 Å². The van der Waals surface area contributed by atoms with Crippen molar-refractivity contribution < 1.29 is 24.2 Å². The number of rotatable bonds is 5. The molecule has 0 aromatic carbocycles. The van der Waals surface area contributed by atoms with Gasteiger partial charge in [-0.15, -0.1) is 0 Å². The molecule has 82 valence electrons. The quantitative estimate of drug-likeness (QED) is 0.616. The van der Waals surface area contributed by atoms with Crippen LogP contribution in [0.2, 0.25) is 0 Å². The van der Waals surface area contributed by atoms with E-state index in [1.807, 2.05) is 0 Å². The zero-order valence-corrected chi connectivity index (χ0v) is 8.17. The molecular weight excluding hydrogens is 202 g/mol. The average molecular weight is 213 g/mol. The van der Waals surface area contributed by atoms with Gasteiger partial charge in [0.25, 0.3) is 11.8 Å². The summed E-state index contributed by atoms with van der Waals surface area (Å²) in [6.45, 7) is 1.20. The van der Waals surface area contributed by atoms with Gasteiger partial charge in [0.2, 0.25) is 0 Å². The topological polar surface area (TPSA) is 83.9 Å². The standard InChI is InChI=1S/C9H11NO5/c1-6(4-15-5-9(13)14)10-7(11)2-3-8(10)12/h2-3,6H,4-5H2,1H3,(H,13,14). The molecular formula is C9H11NO5. The molecule has 1 unspecified atom stereocenters. The molecule has 0 bridgehead atoms. The Kier molecular flexibility index (Phi) is 3.56. The van der Waals surface area contributed by atoms with Gasteiger partial charge < -0.3 is 9.84 Å². The van der Waals surface area contributed by atoms with Gasteiger partial charge in [-0.2, -0.15) is 0 Å². The van der Waals surface area contributed by atoms with Crippen molar-refractivity contribution in [1.29, 1.82) is 0 Å². The third-order valence-electron chi connectivity index (χ3n) is 1.87. The summed E-state index contributed by atoms with van der Waals surface area (Å²) < 4.78 is 4.79. The van der Waals surface area contributed by atoms with E-state index in [9.17, 15) is 14.4 Å². The van der Waals surface area contributed by atoms with Gasteiger partial charge in [0, 0.05) is 12.2 Å². The van der Waals surface area contributed by atoms with Crippen LogP contribution in [-0.2, 0) is 19.1 Å². The highest BCUT2D eigenvalue weighted by molar-refractivity contribution is 6.13. The summed E-state index contributed by atoms with van der Waals surface area (Å²) in [6, 6.07) is -0.459. The number of hydrogen-bond acceptors (Lipinski definition) is 4. The Balaban J connectivity index is 2.40. The van der Waals surface area contributed by atoms with Crippen molar-refractivity contribution in [2.24, 2.45) is 0 Å². The smallest absolute Gasteiger partial charge is 0.329 e. The number of amides is 2. The molecule has 0 saturated carbocycles. The Morgan fingerprint density at radius 3 is 2.47 bits per heavy atom. The largest absolute Gasteiger partial charge is 0.480 e. The Morgan fingerprint density at radius 2 is 2.00 bits per heavy atom. The zero-order chi connectivity index (χ0) is 11.4. The van der Waals surface area contributed by atoms with Crippen LogP contribution in [0.5, 0.6) is 0 Å². The minimum atomic E-state index is -1.08. The van der Waals surface area contributed by atoms with Crippen molar-refractivity contribution in [1.82, 2.24) is 4.90 Å². The van der Waals surface area contributed by atoms with E-state index in [0.717, 1.165) is 4.90 Å². The predicted molar refractivity (Wildman–Crippen MR) is 48.9 cm³/mol. The van der Waals surface area contributed by atoms with Crippen LogP contribution in [0.1, 0.15) is 6.92 Å². The molecule has 0 fully saturated rings. The number of carbonyl (C=O) groups excluding carboxylic acids is 2. The number of carboxylic acids is 1. The number of nitrogens with zero attached hydrogens (tertiary/aromatic N) is 1. The van der Waals surface area contributed by atoms with Crippen LogP contribution in [0.25, 0.3) is 0 Å². The number of hydrogen-bond donors (Lipinski definition) is 1. The van der Waals surface area contributed by atoms with E-state index in [1.165, 1.54) is 12.2 Å². The molecule has 1 aliphatic rings. The maximum Gasteiger partial charge on any atom is 0.329 e. The highest BCUT2D eigenvalue weighted by atomic mass is 16.5. The van der Waals surface area contributed by atoms with Crippen LogP contribution in [0, 0.1) is 0 Å². The minimum Gasteiger partial charge on any atom is -0.480 e. The van der Waals surface area contributed by atoms with Gasteiger partial charge in [-0.05, 0) is 6.92 Å². The normalized spacial score (nSPS) is 17.3. The van der Waals surface area contributed by atoms with Gasteiger partial charge in [0.05, 0.1) is 12.6 Å². The summed E-state index contributed by atoms with van der Waals surface area (Å²) in [5.41, 5.74) is 0. The minimum absolute atomic E-state index is 0.0193. The zero-order valence-electron chi connectivity index (χ0n) is 8.17. The molecule has 1 N–H and O–H groups in total. The SMILES string of the molecule is CC(COCC(=O)O)N1C(=O)C=CC1=O. The molecule has 15 heavy (non-hydrogen) atoms. The van der Waals surface area contributed by atoms with Crippen molar-refractivity contribution in [2.45, 2.75) is 13.0 Å². The Hall–Kier alpha value is -1.69. The highest BCUT2D eigenvalue weighted by Gasteiger charge is 2.28. The fraction of sp³-hybridized carbons (Fsp3) is 0.444. The van der Waals surface area contributed by atoms with Gasteiger partial charge in [-0.1, -0.05) is 0 Å². The van der Waals surface area contributed by atoms with Crippen LogP contribution in [0.3, 0.4) is 0 Å². The molecule has 6 nitrogen and oxygen atoms in total. The lowest BCUT2D eigenvalue weighted by molar-refractivity contribution is -0.144. The Labute approximate surface area is 86.1 Å². The molecule has 0 aromatic rings. The van der Waals surface area contributed by atoms with E-state index < -0.39 is 30.4 Å². The lowest BCUT2D eigenvalue weighted by Gasteiger charge is -2.21. The lowest BCUT2D eigenvalue weighted by Crippen LogP contribution is -2.41. The summed E-state index contributed by atoms with van der Waals surface area (Å²) in [5, 5.41) is 8.31. The molecule has 0 aromatic heterocycles. The number of aliphatic carboxylic acids is 1. The van der Waals surface area contributed by atoms with Crippen molar-refractivity contribution in [3.05, 3.63) is 12.2 Å². The van der Waals surface area contributed by atoms with Crippen molar-refractivity contribution >= 4 is 17.8 Å². The lowest BCUT2D eigenvalue weighted by atomic mass is 10.3. The summed E-state index contributed by atoms with van der Waals surface area (Å²) in [5.74, 6) is -1.88. The van der Waals surface area contributed by atoms with Crippen LogP contribution in [0.4, 0.5) is 0 Å². The van der Waals surface area contributed by atoms with Crippen LogP contribution in [0.15, 0.2) is 12.2 Å². The van der Waals surface area contributed by atoms with Crippen LogP contribution < -0.4 is 0 Å². The molecule has 0 aliphatic carbocycles. The van der Waals surface area contributed by atoms with Gasteiger partial charge >= 0.3 is 5.97 Å². The first-order valence-electron chi connectivity index (χ1n) is 4.37. The monoisotopic (exact) mass is 213 g/mol. The maximum atomic E-state index is 11.2. The van der Waals surface area contributed by atoms with E-state index in [2.05, 4.69) is 0 Å². The molecule has 0 radical (unpaired) electrons. The summed E-state index contributed by atoms with van der Waals surface area (Å²) in [6.07, 6.45) is 2.35. The molecule has 0 saturated heterocycles. The van der Waals surface area contributed by atoms with Gasteiger partial charge in [0.1, 0.15) is 6.61 Å². The molecule has 6 heteroatoms. The highest BCUT2D eigenvalue weighted by Crippen LogP contribution is 2.08. The van der Waals surface area contributed by atoms with Crippen molar-refractivity contribution in [3.63, 3.8) is 0 Å². The average Bonchev–Trinajstić information content (AvgIpc) is 2.45. The van der Waals surface area contributed by atoms with E-state index in [1.54, 1.807) is 6.92 Å². The summed E-state index contributed by atoms with van der Waals surface area (Å²) >= 11 is 0. The second kappa shape index (κ2) is 4.70. The predicted octanol–water partition coefficient (Wildman–Crippen LogP) is -0.599. The number of imide groups is 1. The maximum absolute atomic E-state index is 11.2. The Morgan fingerprint density at radius 1 is 1.47 bits per heavy atom. The van der Waals surface area contributed by atoms with Gasteiger partial charge in [-0.3, -0.25) is 14.5 Å². The molecule has 2 amide bonds. The van der Waals surface area contributed by atoms with Gasteiger partial charge in [0.15, 0.2) is 0 Å². The molecule has 1 aliphatic heterocycles. The third kappa shape index (κ3) is 2.88. The second-order valence-corrected chi connectivity index (χ2v) is 3.14. The van der Waals surface area contributed by atoms with Crippen molar-refractivity contribution in [2.75, 3.05) is 13.2 Å². The van der Waals surface area contributed by atoms with Crippen LogP contribution >= 0.6 is 0 Å². The second-order valence-electron chi connectivity index (χ2n) is 3.14. The molecule has 1 atom stereocenters. The summed E-state index contributed by atoms with van der Waals surface area (Å²) in [4.78, 5) is 33.5. The number of ether oxygens (including phenoxy) is 1. The Bertz CT molecular complexity index is 304. The summed E-state index contributed by atoms with van der Waals surface area (Å²) in [7, 11) is 0. The van der Waals surface area contributed by atoms with E-state index in [-0.39, 0.29) is 6.61 Å². The first kappa shape index (κ1) is 11.4. The van der Waals surface area contributed by atoms with Crippen molar-refractivity contribution in [3.8, 4) is 0 Å². The molecule has 1 rings (SSSR count). The fourth-order valence-corrected chi connectivity index (χ4v) is 1.24. The number of carbonyl (C=O) groups is 3. The number of carboxylic acid groups (broad SMARTS) is 1. The first-order valence-corrected chi connectivity index (χ1v) is 4.37. The van der Waals surface area contributed by atoms with E-state index >= 15 is 0 Å². The van der Waals surface area contributed by atoms with E-state index in [0.29, 0.717) is 0 Å². The van der Waals surface area contributed by atoms with E-state index in [4.69, 9.17) is 9.84 Å².